The molecular weight excluding hydrogens is 156 g/mol. The molecule has 2 aliphatic rings. The minimum absolute atomic E-state index is 0.598. The van der Waals surface area contributed by atoms with Gasteiger partial charge in [-0.2, -0.15) is 11.8 Å². The first-order valence-corrected chi connectivity index (χ1v) is 5.56. The van der Waals surface area contributed by atoms with E-state index in [0.29, 0.717) is 5.41 Å². The molecule has 0 unspecified atom stereocenters. The molecule has 0 saturated carbocycles. The van der Waals surface area contributed by atoms with Crippen LogP contribution in [0.25, 0.3) is 0 Å². The minimum atomic E-state index is 0.598. The molecule has 0 amide bonds. The topological polar surface area (TPSA) is 24.1 Å². The van der Waals surface area contributed by atoms with Crippen molar-refractivity contribution >= 4 is 11.8 Å². The first-order chi connectivity index (χ1) is 5.41. The van der Waals surface area contributed by atoms with Crippen molar-refractivity contribution in [2.75, 3.05) is 37.7 Å². The lowest BCUT2D eigenvalue weighted by Gasteiger charge is -2.25. The van der Waals surface area contributed by atoms with Crippen LogP contribution in [0.1, 0.15) is 6.42 Å². The summed E-state index contributed by atoms with van der Waals surface area (Å²) in [4.78, 5) is 0. The zero-order valence-electron chi connectivity index (χ0n) is 6.86. The van der Waals surface area contributed by atoms with E-state index in [-0.39, 0.29) is 0 Å². The molecule has 2 saturated heterocycles. The van der Waals surface area contributed by atoms with Crippen LogP contribution < -0.4 is 10.6 Å². The van der Waals surface area contributed by atoms with Gasteiger partial charge in [0, 0.05) is 37.3 Å². The number of thioether (sulfide) groups is 1. The third-order valence-corrected chi connectivity index (χ3v) is 3.97. The molecule has 0 bridgehead atoms. The molecule has 3 heteroatoms. The second-order valence-corrected chi connectivity index (χ2v) is 4.76. The van der Waals surface area contributed by atoms with Crippen molar-refractivity contribution in [1.82, 2.24) is 10.6 Å². The average molecular weight is 172 g/mol. The molecule has 0 aromatic heterocycles. The predicted octanol–water partition coefficient (Wildman–Crippen LogP) is 0.302. The Morgan fingerprint density at radius 2 is 1.82 bits per heavy atom. The standard InChI is InChI=1S/C8H16N2S/c1-4-11-7-8(1)5-9-2-3-10-6-8/h9-10H,1-7H2. The largest absolute Gasteiger partial charge is 0.315 e. The van der Waals surface area contributed by atoms with E-state index in [2.05, 4.69) is 22.4 Å². The summed E-state index contributed by atoms with van der Waals surface area (Å²) in [6.07, 6.45) is 1.40. The normalized spacial score (nSPS) is 30.5. The third-order valence-electron chi connectivity index (χ3n) is 2.66. The fourth-order valence-corrected chi connectivity index (χ4v) is 3.38. The first-order valence-electron chi connectivity index (χ1n) is 4.41. The van der Waals surface area contributed by atoms with Gasteiger partial charge in [0.25, 0.3) is 0 Å². The van der Waals surface area contributed by atoms with Gasteiger partial charge in [0.2, 0.25) is 0 Å². The van der Waals surface area contributed by atoms with E-state index in [4.69, 9.17) is 0 Å². The second-order valence-electron chi connectivity index (χ2n) is 3.66. The number of nitrogens with one attached hydrogen (secondary N) is 2. The summed E-state index contributed by atoms with van der Waals surface area (Å²) in [7, 11) is 0. The van der Waals surface area contributed by atoms with Crippen molar-refractivity contribution in [2.45, 2.75) is 6.42 Å². The maximum absolute atomic E-state index is 3.50. The van der Waals surface area contributed by atoms with Gasteiger partial charge in [0.15, 0.2) is 0 Å². The Hall–Kier alpha value is 0.270. The van der Waals surface area contributed by atoms with Crippen molar-refractivity contribution in [3.8, 4) is 0 Å². The van der Waals surface area contributed by atoms with Crippen LogP contribution >= 0.6 is 11.8 Å². The van der Waals surface area contributed by atoms with Crippen molar-refractivity contribution in [1.29, 1.82) is 0 Å². The molecule has 0 aliphatic carbocycles. The zero-order chi connectivity index (χ0) is 7.57. The monoisotopic (exact) mass is 172 g/mol. The fraction of sp³-hybridized carbons (Fsp3) is 1.00. The summed E-state index contributed by atoms with van der Waals surface area (Å²) >= 11 is 2.11. The Labute approximate surface area is 72.5 Å². The van der Waals surface area contributed by atoms with Crippen molar-refractivity contribution < 1.29 is 0 Å². The highest BCUT2D eigenvalue weighted by Gasteiger charge is 2.34. The highest BCUT2D eigenvalue weighted by molar-refractivity contribution is 7.99. The Morgan fingerprint density at radius 1 is 1.09 bits per heavy atom. The SMILES string of the molecule is C1CNCC2(CCSC2)CN1. The summed E-state index contributed by atoms with van der Waals surface area (Å²) < 4.78 is 0. The van der Waals surface area contributed by atoms with Crippen LogP contribution in [-0.4, -0.2) is 37.7 Å². The van der Waals surface area contributed by atoms with Crippen LogP contribution in [0.15, 0.2) is 0 Å². The maximum atomic E-state index is 3.50. The number of hydrogen-bond donors (Lipinski definition) is 2. The predicted molar refractivity (Wildman–Crippen MR) is 50.1 cm³/mol. The van der Waals surface area contributed by atoms with Gasteiger partial charge in [-0.1, -0.05) is 0 Å². The fourth-order valence-electron chi connectivity index (χ4n) is 1.87. The van der Waals surface area contributed by atoms with Gasteiger partial charge in [-0.3, -0.25) is 0 Å². The van der Waals surface area contributed by atoms with Gasteiger partial charge >= 0.3 is 0 Å². The summed E-state index contributed by atoms with van der Waals surface area (Å²) in [6, 6.07) is 0. The quantitative estimate of drug-likeness (QED) is 0.550. The van der Waals surface area contributed by atoms with Crippen LogP contribution in [0.5, 0.6) is 0 Å². The average Bonchev–Trinajstić information content (AvgIpc) is 2.32. The molecular formula is C8H16N2S. The highest BCUT2D eigenvalue weighted by Crippen LogP contribution is 2.35. The number of rotatable bonds is 0. The van der Waals surface area contributed by atoms with Crippen LogP contribution in [0.4, 0.5) is 0 Å². The Bertz CT molecular complexity index is 122. The van der Waals surface area contributed by atoms with Gasteiger partial charge in [0.1, 0.15) is 0 Å². The zero-order valence-corrected chi connectivity index (χ0v) is 7.67. The molecule has 64 valence electrons. The van der Waals surface area contributed by atoms with E-state index in [1.807, 2.05) is 0 Å². The number of hydrogen-bond acceptors (Lipinski definition) is 3. The lowest BCUT2D eigenvalue weighted by atomic mass is 9.88. The van der Waals surface area contributed by atoms with Gasteiger partial charge in [-0.15, -0.1) is 0 Å². The Kier molecular flexibility index (Phi) is 2.39. The second kappa shape index (κ2) is 3.33. The molecule has 0 aromatic rings. The van der Waals surface area contributed by atoms with Crippen LogP contribution in [-0.2, 0) is 0 Å². The molecule has 2 nitrogen and oxygen atoms in total. The van der Waals surface area contributed by atoms with Gasteiger partial charge < -0.3 is 10.6 Å². The van der Waals surface area contributed by atoms with Crippen molar-refractivity contribution in [3.05, 3.63) is 0 Å². The van der Waals surface area contributed by atoms with E-state index in [0.717, 1.165) is 13.1 Å². The Morgan fingerprint density at radius 3 is 2.36 bits per heavy atom. The van der Waals surface area contributed by atoms with E-state index >= 15 is 0 Å². The lowest BCUT2D eigenvalue weighted by Crippen LogP contribution is -2.37. The lowest BCUT2D eigenvalue weighted by molar-refractivity contribution is 0.328. The first kappa shape index (κ1) is 7.90. The van der Waals surface area contributed by atoms with Gasteiger partial charge in [0.05, 0.1) is 0 Å². The molecule has 0 aromatic carbocycles. The molecule has 11 heavy (non-hydrogen) atoms. The summed E-state index contributed by atoms with van der Waals surface area (Å²) in [5, 5.41) is 7.01. The summed E-state index contributed by atoms with van der Waals surface area (Å²) in [5.41, 5.74) is 0.598. The molecule has 2 heterocycles. The summed E-state index contributed by atoms with van der Waals surface area (Å²) in [6.45, 7) is 4.75. The minimum Gasteiger partial charge on any atom is -0.315 e. The van der Waals surface area contributed by atoms with E-state index in [1.165, 1.54) is 31.0 Å². The van der Waals surface area contributed by atoms with Crippen molar-refractivity contribution in [2.24, 2.45) is 5.41 Å². The molecule has 2 rings (SSSR count). The highest BCUT2D eigenvalue weighted by atomic mass is 32.2. The van der Waals surface area contributed by atoms with Gasteiger partial charge in [-0.05, 0) is 12.2 Å². The smallest absolute Gasteiger partial charge is 0.00769 e. The van der Waals surface area contributed by atoms with Gasteiger partial charge in [-0.25, -0.2) is 0 Å². The maximum Gasteiger partial charge on any atom is 0.00769 e. The molecule has 0 atom stereocenters. The van der Waals surface area contributed by atoms with E-state index in [1.54, 1.807) is 0 Å². The summed E-state index contributed by atoms with van der Waals surface area (Å²) in [5.74, 6) is 2.72. The molecule has 2 fully saturated rings. The third kappa shape index (κ3) is 1.71. The molecule has 1 spiro atoms. The van der Waals surface area contributed by atoms with Crippen LogP contribution in [0.2, 0.25) is 0 Å². The molecule has 2 aliphatic heterocycles. The Balaban J connectivity index is 1.97. The van der Waals surface area contributed by atoms with Crippen LogP contribution in [0, 0.1) is 5.41 Å². The van der Waals surface area contributed by atoms with Crippen LogP contribution in [0.3, 0.4) is 0 Å². The van der Waals surface area contributed by atoms with E-state index < -0.39 is 0 Å². The van der Waals surface area contributed by atoms with Crippen molar-refractivity contribution in [3.63, 3.8) is 0 Å². The molecule has 2 N–H and O–H groups in total. The van der Waals surface area contributed by atoms with E-state index in [9.17, 15) is 0 Å². The molecule has 0 radical (unpaired) electrons.